The summed E-state index contributed by atoms with van der Waals surface area (Å²) in [5.41, 5.74) is 3.84. The van der Waals surface area contributed by atoms with Gasteiger partial charge >= 0.3 is 11.9 Å². The zero-order chi connectivity index (χ0) is 72.1. The lowest BCUT2D eigenvalue weighted by atomic mass is 10.1. The van der Waals surface area contributed by atoms with Crippen molar-refractivity contribution in [2.75, 3.05) is 65.8 Å². The summed E-state index contributed by atoms with van der Waals surface area (Å²) in [6, 6.07) is 60.2. The molecule has 2 heterocycles. The zero-order valence-electron chi connectivity index (χ0n) is 56.9. The molecule has 0 saturated carbocycles. The number of amides is 4. The van der Waals surface area contributed by atoms with Gasteiger partial charge in [-0.1, -0.05) is 121 Å². The van der Waals surface area contributed by atoms with E-state index in [0.29, 0.717) is 149 Å². The molecule has 0 aliphatic carbocycles. The van der Waals surface area contributed by atoms with Crippen molar-refractivity contribution in [3.05, 3.63) is 262 Å². The number of ether oxygens (including phenoxy) is 12. The van der Waals surface area contributed by atoms with Gasteiger partial charge < -0.3 is 78.1 Å². The Hall–Kier alpha value is -12.5. The lowest BCUT2D eigenvalue weighted by Crippen LogP contribution is -2.33. The maximum absolute atomic E-state index is 14.0. The van der Waals surface area contributed by atoms with E-state index in [2.05, 4.69) is 21.3 Å². The molecule has 104 heavy (non-hydrogen) atoms. The molecular weight excluding hydrogens is 1330 g/mol. The highest BCUT2D eigenvalue weighted by Gasteiger charge is 2.25. The van der Waals surface area contributed by atoms with Crippen LogP contribution in [0, 0.1) is 0 Å². The van der Waals surface area contributed by atoms with Crippen molar-refractivity contribution in [1.29, 1.82) is 0 Å². The highest BCUT2D eigenvalue weighted by Crippen LogP contribution is 2.31. The van der Waals surface area contributed by atoms with E-state index >= 15 is 0 Å². The van der Waals surface area contributed by atoms with E-state index < -0.39 is 37.4 Å². The molecule has 0 radical (unpaired) electrons. The summed E-state index contributed by atoms with van der Waals surface area (Å²) >= 11 is 0. The summed E-state index contributed by atoms with van der Waals surface area (Å²) < 4.78 is 74.4. The first kappa shape index (κ1) is 72.7. The van der Waals surface area contributed by atoms with Crippen LogP contribution < -0.4 is 68.6 Å². The Labute approximate surface area is 600 Å². The van der Waals surface area contributed by atoms with Gasteiger partial charge in [0.05, 0.1) is 27.8 Å². The molecule has 0 bridgehead atoms. The molecule has 0 fully saturated rings. The molecule has 0 spiro atoms. The molecule has 0 saturated heterocycles. The quantitative estimate of drug-likeness (QED) is 0.0772. The number of benzene rings is 9. The fourth-order valence-corrected chi connectivity index (χ4v) is 11.0. The van der Waals surface area contributed by atoms with Crippen LogP contribution in [0.2, 0.25) is 0 Å². The minimum Gasteiger partial charge on any atom is -0.489 e. The molecule has 2 aliphatic rings. The molecule has 11 rings (SSSR count). The SMILES string of the molecule is O=Cc1ccc(OCC(=O)OC2COc3ccccc3COc3ccccc3C(=O)NCCCCNC(=O)c3ccccc3OCc3ccccc3OC2)cc1OCC(=O)OC1COc2ccccc2COc2ccccc2C(=O)NCCCCNC(=O)c2ccccc2OCc2ccccc2OC1. The molecule has 9 aromatic rings. The first-order valence-electron chi connectivity index (χ1n) is 34.1. The van der Waals surface area contributed by atoms with Gasteiger partial charge in [0.15, 0.2) is 31.7 Å². The Kier molecular flexibility index (Phi) is 26.4. The highest BCUT2D eigenvalue weighted by molar-refractivity contribution is 5.98. The molecule has 4 amide bonds. The number of carbonyl (C=O) groups excluding carboxylic acids is 7. The maximum Gasteiger partial charge on any atom is 0.344 e. The third-order valence-corrected chi connectivity index (χ3v) is 16.4. The Balaban J connectivity index is 0.773. The van der Waals surface area contributed by atoms with Crippen LogP contribution in [0.25, 0.3) is 0 Å². The molecule has 23 heteroatoms. The Morgan fingerprint density at radius 3 is 0.933 bits per heavy atom. The van der Waals surface area contributed by atoms with Crippen molar-refractivity contribution in [1.82, 2.24) is 21.3 Å². The Morgan fingerprint density at radius 2 is 0.625 bits per heavy atom. The standard InChI is InChI=1S/C81H78N4O19/c86-44-55-37-38-60(93-53-76(87)103-61-49-98-67-29-9-1-21-56(67)45-94-71-33-13-5-25-63(71)78(89)82-39-17-18-40-83-79(90)64-26-6-14-34-72(64)95-46-57-22-2-10-30-68(57)99-50-61)43-75(55)102-54-77(88)104-62-51-100-69-31-11-3-23-58(69)47-96-73-35-15-7-27-65(73)80(91)84-41-19-20-42-85-81(92)66-28-8-16-36-74(66)97-48-59-24-4-12-32-70(59)101-52-62/h1-16,21-38,43-44,61-62H,17-20,39-42,45-54H2,(H,82,89)(H,83,90)(H,84,91)(H,85,92). The Morgan fingerprint density at radius 1 is 0.346 bits per heavy atom. The van der Waals surface area contributed by atoms with E-state index in [0.717, 1.165) is 0 Å². The third kappa shape index (κ3) is 21.0. The first-order chi connectivity index (χ1) is 51.0. The van der Waals surface area contributed by atoms with Crippen LogP contribution in [0.4, 0.5) is 0 Å². The number of hydrogen-bond acceptors (Lipinski definition) is 19. The number of fused-ring (bicyclic) bond motifs is 8. The summed E-state index contributed by atoms with van der Waals surface area (Å²) in [7, 11) is 0. The Bertz CT molecular complexity index is 4200. The van der Waals surface area contributed by atoms with Crippen LogP contribution in [0.3, 0.4) is 0 Å². The second kappa shape index (κ2) is 37.8. The number of hydrogen-bond donors (Lipinski definition) is 4. The molecule has 536 valence electrons. The monoisotopic (exact) mass is 1410 g/mol. The maximum atomic E-state index is 14.0. The smallest absolute Gasteiger partial charge is 0.344 e. The summed E-state index contributed by atoms with van der Waals surface area (Å²) in [5, 5.41) is 11.8. The average molecular weight is 1410 g/mol. The van der Waals surface area contributed by atoms with Crippen LogP contribution in [0.15, 0.2) is 212 Å². The lowest BCUT2D eigenvalue weighted by molar-refractivity contribution is -0.155. The number of nitrogens with one attached hydrogen (secondary N) is 4. The van der Waals surface area contributed by atoms with E-state index in [4.69, 9.17) is 56.8 Å². The fourth-order valence-electron chi connectivity index (χ4n) is 11.0. The van der Waals surface area contributed by atoms with Crippen molar-refractivity contribution >= 4 is 41.9 Å². The summed E-state index contributed by atoms with van der Waals surface area (Å²) in [6.07, 6.45) is 0.759. The predicted molar refractivity (Wildman–Crippen MR) is 381 cm³/mol. The second-order valence-corrected chi connectivity index (χ2v) is 23.9. The summed E-state index contributed by atoms with van der Waals surface area (Å²) in [6.45, 7) is -0.812. The van der Waals surface area contributed by atoms with Crippen molar-refractivity contribution in [2.24, 2.45) is 0 Å². The first-order valence-corrected chi connectivity index (χ1v) is 34.1. The second-order valence-electron chi connectivity index (χ2n) is 23.9. The van der Waals surface area contributed by atoms with Gasteiger partial charge in [0.1, 0.15) is 110 Å². The lowest BCUT2D eigenvalue weighted by Gasteiger charge is -2.22. The molecular formula is C81H78N4O19. The van der Waals surface area contributed by atoms with Crippen molar-refractivity contribution in [3.63, 3.8) is 0 Å². The van der Waals surface area contributed by atoms with E-state index in [1.165, 1.54) is 18.2 Å². The van der Waals surface area contributed by atoms with Gasteiger partial charge in [0.2, 0.25) is 0 Å². The van der Waals surface area contributed by atoms with Crippen LogP contribution in [-0.2, 0) is 45.5 Å². The van der Waals surface area contributed by atoms with Crippen molar-refractivity contribution < 1.29 is 90.4 Å². The zero-order valence-corrected chi connectivity index (χ0v) is 56.9. The average Bonchev–Trinajstić information content (AvgIpc) is 0.909. The molecule has 0 atom stereocenters. The van der Waals surface area contributed by atoms with Gasteiger partial charge in [-0.25, -0.2) is 9.59 Å². The van der Waals surface area contributed by atoms with E-state index in [-0.39, 0.29) is 93.5 Å². The largest absolute Gasteiger partial charge is 0.489 e. The molecule has 2 aliphatic heterocycles. The van der Waals surface area contributed by atoms with E-state index in [9.17, 15) is 33.6 Å². The number of esters is 2. The molecule has 23 nitrogen and oxygen atoms in total. The van der Waals surface area contributed by atoms with Crippen molar-refractivity contribution in [2.45, 2.75) is 64.3 Å². The van der Waals surface area contributed by atoms with Crippen LogP contribution in [0.5, 0.6) is 57.5 Å². The van der Waals surface area contributed by atoms with Gasteiger partial charge in [-0.05, 0) is 111 Å². The molecule has 0 aromatic heterocycles. The van der Waals surface area contributed by atoms with Gasteiger partial charge in [0, 0.05) is 54.5 Å². The van der Waals surface area contributed by atoms with Gasteiger partial charge in [-0.15, -0.1) is 0 Å². The van der Waals surface area contributed by atoms with E-state index in [1.807, 2.05) is 36.4 Å². The number of para-hydroxylation sites is 8. The van der Waals surface area contributed by atoms with Gasteiger partial charge in [-0.3, -0.25) is 24.0 Å². The molecule has 9 aromatic carbocycles. The molecule has 4 N–H and O–H groups in total. The summed E-state index contributed by atoms with van der Waals surface area (Å²) in [4.78, 5) is 94.2. The fraction of sp³-hybridized carbons (Fsp3) is 0.247. The van der Waals surface area contributed by atoms with Crippen LogP contribution >= 0.6 is 0 Å². The summed E-state index contributed by atoms with van der Waals surface area (Å²) in [5.74, 6) is -0.0523. The van der Waals surface area contributed by atoms with Crippen LogP contribution in [0.1, 0.15) is 99.7 Å². The topological polar surface area (TPSA) is 278 Å². The minimum absolute atomic E-state index is 0.000335. The number of rotatable bonds is 9. The predicted octanol–water partition coefficient (Wildman–Crippen LogP) is 11.2. The van der Waals surface area contributed by atoms with E-state index in [1.54, 1.807) is 158 Å². The number of aldehydes is 1. The number of carbonyl (C=O) groups is 7. The van der Waals surface area contributed by atoms with Gasteiger partial charge in [-0.2, -0.15) is 0 Å². The van der Waals surface area contributed by atoms with Crippen LogP contribution in [-0.4, -0.2) is 120 Å². The van der Waals surface area contributed by atoms with Gasteiger partial charge in [0.25, 0.3) is 23.6 Å². The third-order valence-electron chi connectivity index (χ3n) is 16.4. The minimum atomic E-state index is -1.10. The van der Waals surface area contributed by atoms with Crippen molar-refractivity contribution in [3.8, 4) is 57.5 Å². The highest BCUT2D eigenvalue weighted by atomic mass is 16.6. The normalized spacial score (nSPS) is 15.0. The molecule has 0 unspecified atom stereocenters.